The lowest BCUT2D eigenvalue weighted by Gasteiger charge is -2.35. The van der Waals surface area contributed by atoms with Crippen LogP contribution < -0.4 is 9.64 Å². The molecule has 0 saturated carbocycles. The average Bonchev–Trinajstić information content (AvgIpc) is 3.64. The summed E-state index contributed by atoms with van der Waals surface area (Å²) in [6, 6.07) is 11.5. The summed E-state index contributed by atoms with van der Waals surface area (Å²) in [5.41, 5.74) is 1.50. The molecule has 0 aliphatic carbocycles. The highest BCUT2D eigenvalue weighted by Crippen LogP contribution is 2.28. The summed E-state index contributed by atoms with van der Waals surface area (Å²) in [6.45, 7) is 4.63. The average molecular weight is 659 g/mol. The van der Waals surface area contributed by atoms with Crippen LogP contribution in [-0.2, 0) is 30.6 Å². The second-order valence-electron chi connectivity index (χ2n) is 11.0. The largest absolute Gasteiger partial charge is 0.473 e. The highest BCUT2D eigenvalue weighted by molar-refractivity contribution is 6.30. The van der Waals surface area contributed by atoms with Gasteiger partial charge >= 0.3 is 6.18 Å². The molecule has 240 valence electrons. The number of halogens is 5. The van der Waals surface area contributed by atoms with Crippen molar-refractivity contribution in [1.29, 1.82) is 0 Å². The number of aromatic amines is 1. The van der Waals surface area contributed by atoms with Gasteiger partial charge in [0.05, 0.1) is 19.2 Å². The first-order valence-electron chi connectivity index (χ1n) is 14.6. The molecule has 12 nitrogen and oxygen atoms in total. The molecule has 4 aromatic heterocycles. The molecule has 2 saturated heterocycles. The molecule has 5 aromatic rings. The third-order valence-corrected chi connectivity index (χ3v) is 8.15. The SMILES string of the molecule is Fc1cc(Cl)ccc1COc1cccc(N2CCN(Cc3nc4cc(-c5nnc(C(F)(F)F)[nH]5)nnc4n3C[C@@H]3CCO3)CC2)n1. The van der Waals surface area contributed by atoms with Gasteiger partial charge in [0.15, 0.2) is 11.5 Å². The molecule has 0 unspecified atom stereocenters. The van der Waals surface area contributed by atoms with Crippen LogP contribution in [0.5, 0.6) is 5.88 Å². The Morgan fingerprint density at radius 1 is 1.00 bits per heavy atom. The predicted octanol–water partition coefficient (Wildman–Crippen LogP) is 4.51. The van der Waals surface area contributed by atoms with Gasteiger partial charge in [-0.3, -0.25) is 4.90 Å². The number of pyridine rings is 1. The van der Waals surface area contributed by atoms with E-state index in [1.54, 1.807) is 24.3 Å². The molecule has 17 heteroatoms. The van der Waals surface area contributed by atoms with Gasteiger partial charge in [-0.1, -0.05) is 23.7 Å². The summed E-state index contributed by atoms with van der Waals surface area (Å²) in [5, 5.41) is 15.5. The lowest BCUT2D eigenvalue weighted by atomic mass is 10.2. The first-order valence-corrected chi connectivity index (χ1v) is 14.9. The van der Waals surface area contributed by atoms with Crippen molar-refractivity contribution in [3.63, 3.8) is 0 Å². The fourth-order valence-corrected chi connectivity index (χ4v) is 5.48. The van der Waals surface area contributed by atoms with Crippen LogP contribution in [0.15, 0.2) is 42.5 Å². The van der Waals surface area contributed by atoms with Crippen LogP contribution in [0.3, 0.4) is 0 Å². The smallest absolute Gasteiger partial charge is 0.451 e. The summed E-state index contributed by atoms with van der Waals surface area (Å²) < 4.78 is 66.6. The normalized spacial score (nSPS) is 17.4. The van der Waals surface area contributed by atoms with Crippen LogP contribution in [-0.4, -0.2) is 83.7 Å². The molecular formula is C29H27ClF4N10O2. The number of nitrogens with zero attached hydrogens (tertiary/aromatic N) is 9. The number of aromatic nitrogens is 8. The van der Waals surface area contributed by atoms with Gasteiger partial charge in [0.2, 0.25) is 11.7 Å². The predicted molar refractivity (Wildman–Crippen MR) is 158 cm³/mol. The Balaban J connectivity index is 1.03. The molecule has 2 fully saturated rings. The Kier molecular flexibility index (Phi) is 8.16. The zero-order valence-electron chi connectivity index (χ0n) is 24.2. The molecule has 1 N–H and O–H groups in total. The summed E-state index contributed by atoms with van der Waals surface area (Å²) in [5.74, 6) is 0.113. The number of ether oxygens (including phenoxy) is 2. The fraction of sp³-hybridized carbons (Fsp3) is 0.379. The number of rotatable bonds is 9. The summed E-state index contributed by atoms with van der Waals surface area (Å²) in [4.78, 5) is 16.0. The number of hydrogen-bond acceptors (Lipinski definition) is 10. The lowest BCUT2D eigenvalue weighted by molar-refractivity contribution is -0.144. The number of fused-ring (bicyclic) bond motifs is 1. The summed E-state index contributed by atoms with van der Waals surface area (Å²) >= 11 is 5.84. The van der Waals surface area contributed by atoms with Gasteiger partial charge in [-0.2, -0.15) is 18.2 Å². The van der Waals surface area contributed by atoms with E-state index in [1.165, 1.54) is 6.07 Å². The standard InChI is InChI=1S/C29H27ClF4N10O2/c30-18-5-4-17(20(31)12-18)16-46-25-3-1-2-23(36-25)43-9-7-42(8-10-43)15-24-35-22-13-21(26-37-28(41-39-26)29(32,33)34)38-40-27(22)44(24)14-19-6-11-45-19/h1-5,12-13,19H,6-11,14-16H2,(H,37,39,41)/t19-/m0/s1. The molecule has 0 spiro atoms. The molecule has 0 amide bonds. The highest BCUT2D eigenvalue weighted by atomic mass is 35.5. The molecule has 0 bridgehead atoms. The van der Waals surface area contributed by atoms with Crippen molar-refractivity contribution in [2.24, 2.45) is 0 Å². The number of hydrogen-bond donors (Lipinski definition) is 1. The molecule has 1 atom stereocenters. The first kappa shape index (κ1) is 30.3. The number of piperazine rings is 1. The van der Waals surface area contributed by atoms with Gasteiger partial charge in [0, 0.05) is 49.4 Å². The molecule has 6 heterocycles. The minimum absolute atomic E-state index is 0.0230. The van der Waals surface area contributed by atoms with E-state index in [-0.39, 0.29) is 24.2 Å². The van der Waals surface area contributed by atoms with Crippen molar-refractivity contribution in [3.8, 4) is 17.4 Å². The van der Waals surface area contributed by atoms with Gasteiger partial charge in [-0.05, 0) is 30.7 Å². The summed E-state index contributed by atoms with van der Waals surface area (Å²) in [6.07, 6.45) is -3.73. The molecule has 2 aliphatic rings. The maximum absolute atomic E-state index is 14.2. The maximum Gasteiger partial charge on any atom is 0.451 e. The van der Waals surface area contributed by atoms with E-state index in [1.807, 2.05) is 16.7 Å². The van der Waals surface area contributed by atoms with Gasteiger partial charge in [-0.15, -0.1) is 20.4 Å². The Labute approximate surface area is 264 Å². The third kappa shape index (κ3) is 6.45. The van der Waals surface area contributed by atoms with Crippen LogP contribution in [0, 0.1) is 5.82 Å². The second kappa shape index (κ2) is 12.4. The number of anilines is 1. The van der Waals surface area contributed by atoms with Crippen LogP contribution in [0.2, 0.25) is 5.02 Å². The van der Waals surface area contributed by atoms with Crippen molar-refractivity contribution in [1.82, 2.24) is 44.8 Å². The fourth-order valence-electron chi connectivity index (χ4n) is 5.32. The van der Waals surface area contributed by atoms with E-state index in [0.717, 1.165) is 31.2 Å². The topological polar surface area (TPSA) is 123 Å². The molecule has 2 aliphatic heterocycles. The Bertz CT molecular complexity index is 1850. The van der Waals surface area contributed by atoms with E-state index in [0.29, 0.717) is 60.4 Å². The Hall–Kier alpha value is -4.41. The van der Waals surface area contributed by atoms with Crippen LogP contribution in [0.4, 0.5) is 23.4 Å². The van der Waals surface area contributed by atoms with E-state index < -0.39 is 17.8 Å². The zero-order valence-corrected chi connectivity index (χ0v) is 25.0. The molecule has 1 aromatic carbocycles. The van der Waals surface area contributed by atoms with E-state index in [4.69, 9.17) is 26.1 Å². The van der Waals surface area contributed by atoms with Crippen LogP contribution in [0.1, 0.15) is 23.6 Å². The zero-order chi connectivity index (χ0) is 31.8. The first-order chi connectivity index (χ1) is 22.2. The lowest BCUT2D eigenvalue weighted by Crippen LogP contribution is -2.46. The van der Waals surface area contributed by atoms with Crippen molar-refractivity contribution < 1.29 is 27.0 Å². The van der Waals surface area contributed by atoms with Crippen molar-refractivity contribution in [2.45, 2.75) is 38.4 Å². The van der Waals surface area contributed by atoms with Gasteiger partial charge < -0.3 is 23.9 Å². The Morgan fingerprint density at radius 3 is 2.54 bits per heavy atom. The van der Waals surface area contributed by atoms with Crippen molar-refractivity contribution in [2.75, 3.05) is 37.7 Å². The number of imidazole rings is 1. The molecule has 46 heavy (non-hydrogen) atoms. The minimum atomic E-state index is -4.66. The number of nitrogens with one attached hydrogen (secondary N) is 1. The number of alkyl halides is 3. The van der Waals surface area contributed by atoms with Gasteiger partial charge in [-0.25, -0.2) is 9.37 Å². The quantitative estimate of drug-likeness (QED) is 0.226. The molecule has 0 radical (unpaired) electrons. The van der Waals surface area contributed by atoms with Crippen molar-refractivity contribution in [3.05, 3.63) is 70.5 Å². The molecular weight excluding hydrogens is 632 g/mol. The number of H-pyrrole nitrogens is 1. The monoisotopic (exact) mass is 658 g/mol. The summed E-state index contributed by atoms with van der Waals surface area (Å²) in [7, 11) is 0. The number of benzene rings is 1. The van der Waals surface area contributed by atoms with Crippen LogP contribution >= 0.6 is 11.6 Å². The van der Waals surface area contributed by atoms with Crippen LogP contribution in [0.25, 0.3) is 22.7 Å². The van der Waals surface area contributed by atoms with Crippen molar-refractivity contribution >= 4 is 28.6 Å². The van der Waals surface area contributed by atoms with E-state index in [2.05, 4.69) is 40.2 Å². The molecule has 7 rings (SSSR count). The second-order valence-corrected chi connectivity index (χ2v) is 11.4. The van der Waals surface area contributed by atoms with Gasteiger partial charge in [0.1, 0.15) is 35.3 Å². The Morgan fingerprint density at radius 2 is 1.83 bits per heavy atom. The highest BCUT2D eigenvalue weighted by Gasteiger charge is 2.36. The maximum atomic E-state index is 14.2. The third-order valence-electron chi connectivity index (χ3n) is 7.91. The van der Waals surface area contributed by atoms with E-state index in [9.17, 15) is 17.6 Å². The minimum Gasteiger partial charge on any atom is -0.473 e. The van der Waals surface area contributed by atoms with E-state index >= 15 is 0 Å². The van der Waals surface area contributed by atoms with Gasteiger partial charge in [0.25, 0.3) is 0 Å².